The highest BCUT2D eigenvalue weighted by molar-refractivity contribution is 5.84. The topological polar surface area (TPSA) is 85.3 Å². The molecule has 1 aliphatic heterocycles. The van der Waals surface area contributed by atoms with Gasteiger partial charge in [0, 0.05) is 24.0 Å². The molecule has 0 saturated heterocycles. The van der Waals surface area contributed by atoms with E-state index >= 15 is 0 Å². The van der Waals surface area contributed by atoms with Gasteiger partial charge in [0.15, 0.2) is 23.0 Å². The van der Waals surface area contributed by atoms with E-state index in [1.54, 1.807) is 33.5 Å². The van der Waals surface area contributed by atoms with Crippen LogP contribution in [0.4, 0.5) is 4.39 Å². The average Bonchev–Trinajstić information content (AvgIpc) is 3.33. The average molecular weight is 496 g/mol. The molecule has 9 heteroatoms. The number of aryl methyl sites for hydroxylation is 1. The van der Waals surface area contributed by atoms with Crippen LogP contribution in [0.3, 0.4) is 0 Å². The summed E-state index contributed by atoms with van der Waals surface area (Å²) in [7, 11) is 4.67. The molecule has 0 amide bonds. The van der Waals surface area contributed by atoms with Crippen LogP contribution in [0.25, 0.3) is 11.1 Å². The molecule has 0 unspecified atom stereocenters. The number of nitrogens with zero attached hydrogens (tertiary/aromatic N) is 1. The molecule has 2 atom stereocenters. The Labute approximate surface area is 207 Å². The number of hydrogen-bond acceptors (Lipinski definition) is 8. The summed E-state index contributed by atoms with van der Waals surface area (Å²) in [6.45, 7) is 1.42. The van der Waals surface area contributed by atoms with Crippen LogP contribution in [-0.2, 0) is 16.0 Å². The van der Waals surface area contributed by atoms with Crippen molar-refractivity contribution in [1.82, 2.24) is 4.98 Å². The molecule has 1 aliphatic carbocycles. The number of carbonyl (C=O) groups is 1. The van der Waals surface area contributed by atoms with Crippen LogP contribution in [-0.4, -0.2) is 39.1 Å². The minimum Gasteiger partial charge on any atom is -0.493 e. The van der Waals surface area contributed by atoms with E-state index in [0.717, 1.165) is 16.7 Å². The predicted molar refractivity (Wildman–Crippen MR) is 127 cm³/mol. The van der Waals surface area contributed by atoms with Crippen molar-refractivity contribution in [2.75, 3.05) is 28.1 Å². The molecule has 1 aromatic heterocycles. The van der Waals surface area contributed by atoms with Gasteiger partial charge in [-0.05, 0) is 54.3 Å². The number of ether oxygens (including phenoxy) is 6. The predicted octanol–water partition coefficient (Wildman–Crippen LogP) is 4.98. The van der Waals surface area contributed by atoms with Crippen molar-refractivity contribution in [1.29, 1.82) is 0 Å². The minimum atomic E-state index is -0.771. The lowest BCUT2D eigenvalue weighted by Crippen LogP contribution is -2.22. The van der Waals surface area contributed by atoms with Crippen LogP contribution in [0.15, 0.2) is 36.4 Å². The summed E-state index contributed by atoms with van der Waals surface area (Å²) >= 11 is 0. The third kappa shape index (κ3) is 4.04. The molecular formula is C27H26FNO7. The van der Waals surface area contributed by atoms with Crippen molar-refractivity contribution in [2.45, 2.75) is 31.8 Å². The monoisotopic (exact) mass is 495 g/mol. The van der Waals surface area contributed by atoms with Gasteiger partial charge in [0.2, 0.25) is 18.5 Å². The maximum Gasteiger partial charge on any atom is 0.303 e. The summed E-state index contributed by atoms with van der Waals surface area (Å²) < 4.78 is 48.5. The van der Waals surface area contributed by atoms with Gasteiger partial charge >= 0.3 is 5.97 Å². The molecule has 188 valence electrons. The highest BCUT2D eigenvalue weighted by Crippen LogP contribution is 2.54. The number of esters is 1. The molecule has 8 nitrogen and oxygen atoms in total. The Bertz CT molecular complexity index is 1330. The number of pyridine rings is 1. The van der Waals surface area contributed by atoms with Gasteiger partial charge in [-0.2, -0.15) is 4.39 Å². The Morgan fingerprint density at radius 3 is 2.44 bits per heavy atom. The van der Waals surface area contributed by atoms with E-state index in [0.29, 0.717) is 52.8 Å². The lowest BCUT2D eigenvalue weighted by Gasteiger charge is -2.32. The van der Waals surface area contributed by atoms with Crippen LogP contribution in [0.1, 0.15) is 42.2 Å². The highest BCUT2D eigenvalue weighted by atomic mass is 19.1. The third-order valence-corrected chi connectivity index (χ3v) is 6.53. The van der Waals surface area contributed by atoms with E-state index in [9.17, 15) is 9.18 Å². The zero-order chi connectivity index (χ0) is 25.4. The van der Waals surface area contributed by atoms with E-state index in [-0.39, 0.29) is 6.79 Å². The van der Waals surface area contributed by atoms with E-state index in [1.807, 2.05) is 18.2 Å². The first-order valence-electron chi connectivity index (χ1n) is 11.5. The maximum absolute atomic E-state index is 14.2. The van der Waals surface area contributed by atoms with Gasteiger partial charge in [-0.1, -0.05) is 6.07 Å². The van der Waals surface area contributed by atoms with Crippen molar-refractivity contribution in [2.24, 2.45) is 0 Å². The van der Waals surface area contributed by atoms with E-state index in [4.69, 9.17) is 28.4 Å². The largest absolute Gasteiger partial charge is 0.493 e. The summed E-state index contributed by atoms with van der Waals surface area (Å²) in [5, 5.41) is 0. The molecular weight excluding hydrogens is 469 g/mol. The lowest BCUT2D eigenvalue weighted by atomic mass is 9.79. The van der Waals surface area contributed by atoms with Crippen LogP contribution in [0.5, 0.6) is 28.7 Å². The van der Waals surface area contributed by atoms with Gasteiger partial charge in [-0.3, -0.25) is 4.79 Å². The number of carbonyl (C=O) groups excluding carboxylic acids is 1. The Morgan fingerprint density at radius 2 is 1.78 bits per heavy atom. The van der Waals surface area contributed by atoms with E-state index < -0.39 is 23.9 Å². The molecule has 0 radical (unpaired) electrons. The molecule has 0 N–H and O–H groups in total. The van der Waals surface area contributed by atoms with Crippen LogP contribution < -0.4 is 23.7 Å². The second-order valence-corrected chi connectivity index (χ2v) is 8.53. The van der Waals surface area contributed by atoms with Crippen molar-refractivity contribution in [3.8, 4) is 39.9 Å². The Balaban J connectivity index is 1.83. The molecule has 2 heterocycles. The van der Waals surface area contributed by atoms with E-state index in [2.05, 4.69) is 4.98 Å². The fraction of sp³-hybridized carbons (Fsp3) is 0.333. The Hall–Kier alpha value is -4.01. The summed E-state index contributed by atoms with van der Waals surface area (Å²) in [5.74, 6) is 1.02. The molecule has 0 fully saturated rings. The fourth-order valence-electron chi connectivity index (χ4n) is 5.05. The standard InChI is InChI=1S/C27H26FNO7/c1-14(30)36-25-16(19-6-5-7-23(28)29-19)9-8-15-10-22(31-2)26(32-3)27(33-4)24(15)17-11-20-21(12-18(17)25)35-13-34-20/h5-7,10-12,16,25H,8-9,13H2,1-4H3/t16-,25-/m1/s1. The zero-order valence-electron chi connectivity index (χ0n) is 20.4. The third-order valence-electron chi connectivity index (χ3n) is 6.53. The molecule has 3 aromatic rings. The first kappa shape index (κ1) is 23.7. The molecule has 2 aliphatic rings. The fourth-order valence-corrected chi connectivity index (χ4v) is 5.05. The lowest BCUT2D eigenvalue weighted by molar-refractivity contribution is -0.148. The minimum absolute atomic E-state index is 0.0707. The van der Waals surface area contributed by atoms with Crippen LogP contribution in [0.2, 0.25) is 0 Å². The number of halogens is 1. The van der Waals surface area contributed by atoms with Crippen LogP contribution >= 0.6 is 0 Å². The number of fused-ring (bicyclic) bond motifs is 4. The van der Waals surface area contributed by atoms with Crippen molar-refractivity contribution in [3.63, 3.8) is 0 Å². The molecule has 0 saturated carbocycles. The summed E-state index contributed by atoms with van der Waals surface area (Å²) in [6, 6.07) is 10.2. The molecule has 0 bridgehead atoms. The number of benzene rings is 2. The Morgan fingerprint density at radius 1 is 1.03 bits per heavy atom. The van der Waals surface area contributed by atoms with Crippen molar-refractivity contribution >= 4 is 5.97 Å². The second-order valence-electron chi connectivity index (χ2n) is 8.53. The number of rotatable bonds is 5. The van der Waals surface area contributed by atoms with Gasteiger partial charge in [-0.25, -0.2) is 4.98 Å². The SMILES string of the molecule is COc1cc2c(c(OC)c1OC)-c1cc3c(cc1[C@H](OC(C)=O)[C@@H](c1cccc(F)n1)CC2)OCO3. The first-order chi connectivity index (χ1) is 17.4. The Kier molecular flexibility index (Phi) is 6.30. The van der Waals surface area contributed by atoms with Gasteiger partial charge in [0.1, 0.15) is 6.10 Å². The quantitative estimate of drug-likeness (QED) is 0.362. The normalized spacial score (nSPS) is 17.8. The first-order valence-corrected chi connectivity index (χ1v) is 11.5. The molecule has 36 heavy (non-hydrogen) atoms. The molecule has 2 aromatic carbocycles. The van der Waals surface area contributed by atoms with E-state index in [1.165, 1.54) is 13.0 Å². The van der Waals surface area contributed by atoms with Crippen LogP contribution in [0, 0.1) is 5.95 Å². The summed E-state index contributed by atoms with van der Waals surface area (Å²) in [5.41, 5.74) is 3.57. The summed E-state index contributed by atoms with van der Waals surface area (Å²) in [4.78, 5) is 16.5. The molecule has 5 rings (SSSR count). The number of aromatic nitrogens is 1. The maximum atomic E-state index is 14.2. The number of methoxy groups -OCH3 is 3. The zero-order valence-corrected chi connectivity index (χ0v) is 20.4. The second kappa shape index (κ2) is 9.56. The molecule has 0 spiro atoms. The van der Waals surface area contributed by atoms with Crippen molar-refractivity contribution < 1.29 is 37.6 Å². The van der Waals surface area contributed by atoms with Gasteiger partial charge in [-0.15, -0.1) is 0 Å². The van der Waals surface area contributed by atoms with Crippen molar-refractivity contribution in [3.05, 3.63) is 59.2 Å². The smallest absolute Gasteiger partial charge is 0.303 e. The summed E-state index contributed by atoms with van der Waals surface area (Å²) in [6.07, 6.45) is 0.279. The highest BCUT2D eigenvalue weighted by Gasteiger charge is 2.37. The van der Waals surface area contributed by atoms with Gasteiger partial charge in [0.05, 0.1) is 27.0 Å². The number of hydrogen-bond donors (Lipinski definition) is 0. The van der Waals surface area contributed by atoms with Gasteiger partial charge < -0.3 is 28.4 Å². The van der Waals surface area contributed by atoms with Gasteiger partial charge in [0.25, 0.3) is 0 Å².